The van der Waals surface area contributed by atoms with E-state index < -0.39 is 15.8 Å². The third-order valence-electron chi connectivity index (χ3n) is 5.90. The lowest BCUT2D eigenvalue weighted by Crippen LogP contribution is -2.50. The Morgan fingerprint density at radius 2 is 1.85 bits per heavy atom. The number of aryl methyl sites for hydroxylation is 1. The molecule has 3 heterocycles. The summed E-state index contributed by atoms with van der Waals surface area (Å²) >= 11 is 0. The Morgan fingerprint density at radius 3 is 2.52 bits per heavy atom. The molecule has 1 fully saturated rings. The standard InChI is InChI=1S/C24H26FN3O4S/c1-18-15-20(19(2)28(18)17-22-6-4-14-32-22)8-9-24(29)26-10-12-27(13-11-26)33(30,31)23-7-3-5-21(25)16-23/h3-9,14-16H,10-13,17H2,1-2H3. The van der Waals surface area contributed by atoms with E-state index in [0.29, 0.717) is 6.54 Å². The van der Waals surface area contributed by atoms with Gasteiger partial charge in [-0.3, -0.25) is 4.79 Å². The second kappa shape index (κ2) is 9.36. The Labute approximate surface area is 192 Å². The van der Waals surface area contributed by atoms with Crippen LogP contribution in [0.15, 0.2) is 64.1 Å². The van der Waals surface area contributed by atoms with Gasteiger partial charge in [-0.15, -0.1) is 0 Å². The fourth-order valence-electron chi connectivity index (χ4n) is 3.99. The second-order valence-corrected chi connectivity index (χ2v) is 9.95. The van der Waals surface area contributed by atoms with Crippen LogP contribution in [0.25, 0.3) is 6.08 Å². The highest BCUT2D eigenvalue weighted by Gasteiger charge is 2.29. The van der Waals surface area contributed by atoms with Crippen molar-refractivity contribution < 1.29 is 22.0 Å². The summed E-state index contributed by atoms with van der Waals surface area (Å²) in [5, 5.41) is 0. The molecule has 0 spiro atoms. The number of carbonyl (C=O) groups is 1. The molecule has 1 aliphatic rings. The van der Waals surface area contributed by atoms with Gasteiger partial charge >= 0.3 is 0 Å². The van der Waals surface area contributed by atoms with Crippen molar-refractivity contribution >= 4 is 22.0 Å². The molecule has 0 unspecified atom stereocenters. The lowest BCUT2D eigenvalue weighted by molar-refractivity contribution is -0.127. The van der Waals surface area contributed by atoms with Crippen molar-refractivity contribution in [3.8, 4) is 0 Å². The number of halogens is 1. The Kier molecular flexibility index (Phi) is 6.53. The minimum Gasteiger partial charge on any atom is -0.467 e. The highest BCUT2D eigenvalue weighted by Crippen LogP contribution is 2.20. The summed E-state index contributed by atoms with van der Waals surface area (Å²) in [7, 11) is -3.79. The van der Waals surface area contributed by atoms with Gasteiger partial charge in [0.15, 0.2) is 0 Å². The Bertz CT molecular complexity index is 1270. The number of hydrogen-bond acceptors (Lipinski definition) is 4. The van der Waals surface area contributed by atoms with Gasteiger partial charge in [0.05, 0.1) is 17.7 Å². The normalized spacial score (nSPS) is 15.4. The summed E-state index contributed by atoms with van der Waals surface area (Å²) in [4.78, 5) is 14.2. The van der Waals surface area contributed by atoms with E-state index in [1.165, 1.54) is 28.6 Å². The van der Waals surface area contributed by atoms with Gasteiger partial charge < -0.3 is 13.9 Å². The summed E-state index contributed by atoms with van der Waals surface area (Å²) in [6.45, 7) is 5.49. The lowest BCUT2D eigenvalue weighted by atomic mass is 10.2. The van der Waals surface area contributed by atoms with E-state index in [1.807, 2.05) is 32.0 Å². The first-order chi connectivity index (χ1) is 15.8. The molecule has 0 atom stereocenters. The number of nitrogens with zero attached hydrogens (tertiary/aromatic N) is 3. The van der Waals surface area contributed by atoms with Gasteiger partial charge in [-0.1, -0.05) is 6.07 Å². The fraction of sp³-hybridized carbons (Fsp3) is 0.292. The van der Waals surface area contributed by atoms with Crippen LogP contribution in [0.4, 0.5) is 4.39 Å². The van der Waals surface area contributed by atoms with Gasteiger partial charge in [0, 0.05) is 43.6 Å². The number of rotatable bonds is 6. The van der Waals surface area contributed by atoms with Crippen molar-refractivity contribution in [2.45, 2.75) is 25.3 Å². The fourth-order valence-corrected chi connectivity index (χ4v) is 5.44. The number of aromatic nitrogens is 1. The minimum atomic E-state index is -3.79. The number of benzene rings is 1. The molecule has 3 aromatic rings. The molecule has 33 heavy (non-hydrogen) atoms. The van der Waals surface area contributed by atoms with Crippen LogP contribution in [-0.4, -0.2) is 54.3 Å². The molecule has 0 N–H and O–H groups in total. The van der Waals surface area contributed by atoms with Crippen molar-refractivity contribution in [2.75, 3.05) is 26.2 Å². The predicted octanol–water partition coefficient (Wildman–Crippen LogP) is 3.43. The summed E-state index contributed by atoms with van der Waals surface area (Å²) < 4.78 is 47.8. The molecule has 174 valence electrons. The van der Waals surface area contributed by atoms with Gasteiger partial charge in [-0.2, -0.15) is 4.31 Å². The Morgan fingerprint density at radius 1 is 1.09 bits per heavy atom. The molecular weight excluding hydrogens is 445 g/mol. The first-order valence-corrected chi connectivity index (χ1v) is 12.1. The molecule has 4 rings (SSSR count). The number of carbonyl (C=O) groups excluding carboxylic acids is 1. The van der Waals surface area contributed by atoms with Crippen molar-refractivity contribution in [3.05, 3.63) is 83.3 Å². The highest BCUT2D eigenvalue weighted by atomic mass is 32.2. The zero-order valence-electron chi connectivity index (χ0n) is 18.6. The second-order valence-electron chi connectivity index (χ2n) is 8.01. The smallest absolute Gasteiger partial charge is 0.246 e. The summed E-state index contributed by atoms with van der Waals surface area (Å²) in [5.41, 5.74) is 3.03. The Hall–Kier alpha value is -3.17. The quantitative estimate of drug-likeness (QED) is 0.516. The van der Waals surface area contributed by atoms with Crippen LogP contribution in [0.3, 0.4) is 0 Å². The van der Waals surface area contributed by atoms with Crippen LogP contribution in [-0.2, 0) is 21.4 Å². The van der Waals surface area contributed by atoms with Crippen molar-refractivity contribution in [1.82, 2.24) is 13.8 Å². The number of piperazine rings is 1. The van der Waals surface area contributed by atoms with E-state index in [9.17, 15) is 17.6 Å². The third kappa shape index (κ3) is 4.94. The number of amides is 1. The van der Waals surface area contributed by atoms with Crippen LogP contribution in [0.2, 0.25) is 0 Å². The molecule has 1 aromatic carbocycles. The molecule has 1 amide bonds. The topological polar surface area (TPSA) is 75.8 Å². The molecule has 1 aliphatic heterocycles. The van der Waals surface area contributed by atoms with Gasteiger partial charge in [0.2, 0.25) is 15.9 Å². The summed E-state index contributed by atoms with van der Waals surface area (Å²) in [6, 6.07) is 10.8. The van der Waals surface area contributed by atoms with E-state index in [-0.39, 0.29) is 37.0 Å². The predicted molar refractivity (Wildman–Crippen MR) is 122 cm³/mol. The van der Waals surface area contributed by atoms with E-state index in [4.69, 9.17) is 4.42 Å². The summed E-state index contributed by atoms with van der Waals surface area (Å²) in [6.07, 6.45) is 4.96. The lowest BCUT2D eigenvalue weighted by Gasteiger charge is -2.33. The van der Waals surface area contributed by atoms with Crippen molar-refractivity contribution in [2.24, 2.45) is 0 Å². The van der Waals surface area contributed by atoms with Crippen LogP contribution in [0.1, 0.15) is 22.7 Å². The zero-order chi connectivity index (χ0) is 23.6. The maximum absolute atomic E-state index is 13.5. The number of hydrogen-bond donors (Lipinski definition) is 0. The van der Waals surface area contributed by atoms with Gasteiger partial charge in [-0.05, 0) is 61.9 Å². The average Bonchev–Trinajstić information content (AvgIpc) is 3.41. The molecule has 0 aliphatic carbocycles. The van der Waals surface area contributed by atoms with Crippen molar-refractivity contribution in [1.29, 1.82) is 0 Å². The number of furan rings is 1. The molecular formula is C24H26FN3O4S. The Balaban J connectivity index is 1.39. The van der Waals surface area contributed by atoms with Gasteiger partial charge in [0.1, 0.15) is 11.6 Å². The van der Waals surface area contributed by atoms with Crippen molar-refractivity contribution in [3.63, 3.8) is 0 Å². The first kappa shape index (κ1) is 23.0. The van der Waals surface area contributed by atoms with Crippen LogP contribution in [0.5, 0.6) is 0 Å². The van der Waals surface area contributed by atoms with Crippen LogP contribution in [0, 0.1) is 19.7 Å². The number of sulfonamides is 1. The molecule has 0 radical (unpaired) electrons. The minimum absolute atomic E-state index is 0.0768. The van der Waals surface area contributed by atoms with Gasteiger partial charge in [-0.25, -0.2) is 12.8 Å². The molecule has 0 saturated carbocycles. The van der Waals surface area contributed by atoms with E-state index >= 15 is 0 Å². The monoisotopic (exact) mass is 471 g/mol. The van der Waals surface area contributed by atoms with Gasteiger partial charge in [0.25, 0.3) is 0 Å². The molecule has 9 heteroatoms. The largest absolute Gasteiger partial charge is 0.467 e. The van der Waals surface area contributed by atoms with E-state index in [1.54, 1.807) is 17.2 Å². The summed E-state index contributed by atoms with van der Waals surface area (Å²) in [5.74, 6) is 0.0849. The molecule has 2 aromatic heterocycles. The maximum atomic E-state index is 13.5. The molecule has 7 nitrogen and oxygen atoms in total. The molecule has 1 saturated heterocycles. The zero-order valence-corrected chi connectivity index (χ0v) is 19.4. The third-order valence-corrected chi connectivity index (χ3v) is 7.79. The van der Waals surface area contributed by atoms with Crippen LogP contribution >= 0.6 is 0 Å². The maximum Gasteiger partial charge on any atom is 0.246 e. The highest BCUT2D eigenvalue weighted by molar-refractivity contribution is 7.89. The van der Waals surface area contributed by atoms with E-state index in [2.05, 4.69) is 4.57 Å². The van der Waals surface area contributed by atoms with E-state index in [0.717, 1.165) is 28.8 Å². The first-order valence-electron chi connectivity index (χ1n) is 10.7. The SMILES string of the molecule is Cc1cc(C=CC(=O)N2CCN(S(=O)(=O)c3cccc(F)c3)CC2)c(C)n1Cc1ccco1. The van der Waals surface area contributed by atoms with Crippen LogP contribution < -0.4 is 0 Å². The molecule has 0 bridgehead atoms. The average molecular weight is 472 g/mol.